The predicted octanol–water partition coefficient (Wildman–Crippen LogP) is -0.126. The van der Waals surface area contributed by atoms with Crippen molar-refractivity contribution in [2.75, 3.05) is 18.4 Å². The first-order chi connectivity index (χ1) is 8.52. The minimum Gasteiger partial charge on any atom is -0.480 e. The van der Waals surface area contributed by atoms with E-state index in [0.29, 0.717) is 17.1 Å². The monoisotopic (exact) mass is 248 g/mol. The zero-order chi connectivity index (χ0) is 13.5. The van der Waals surface area contributed by atoms with Gasteiger partial charge in [0, 0.05) is 5.69 Å². The van der Waals surface area contributed by atoms with Crippen LogP contribution in [0.5, 0.6) is 0 Å². The van der Waals surface area contributed by atoms with Crippen LogP contribution in [0, 0.1) is 18.3 Å². The molecule has 7 heteroatoms. The van der Waals surface area contributed by atoms with E-state index in [2.05, 4.69) is 15.6 Å². The van der Waals surface area contributed by atoms with Gasteiger partial charge < -0.3 is 15.7 Å². The minimum atomic E-state index is -1.12. The number of hydrogen-bond acceptors (Lipinski definition) is 5. The number of carboxylic acid groups (broad SMARTS) is 1. The molecule has 0 spiro atoms. The molecule has 3 N–H and O–H groups in total. The summed E-state index contributed by atoms with van der Waals surface area (Å²) in [6, 6.07) is 5.23. The van der Waals surface area contributed by atoms with Gasteiger partial charge in [-0.1, -0.05) is 0 Å². The Labute approximate surface area is 103 Å². The highest BCUT2D eigenvalue weighted by Gasteiger charge is 2.07. The summed E-state index contributed by atoms with van der Waals surface area (Å²) in [5, 5.41) is 22.1. The highest BCUT2D eigenvalue weighted by molar-refractivity contribution is 5.84. The normalized spacial score (nSPS) is 9.33. The second kappa shape index (κ2) is 6.20. The predicted molar refractivity (Wildman–Crippen MR) is 62.8 cm³/mol. The number of aliphatic carboxylic acids is 1. The molecule has 0 saturated heterocycles. The maximum Gasteiger partial charge on any atom is 0.322 e. The Balaban J connectivity index is 2.58. The zero-order valence-electron chi connectivity index (χ0n) is 9.73. The standard InChI is InChI=1S/C11H12N4O3/c1-7-2-3-8(4-12)11(15-7)14-5-9(16)13-6-10(17)18/h2-3H,5-6H2,1H3,(H,13,16)(H,14,15)(H,17,18). The maximum atomic E-state index is 11.3. The topological polar surface area (TPSA) is 115 Å². The van der Waals surface area contributed by atoms with E-state index in [1.807, 2.05) is 6.07 Å². The number of carbonyl (C=O) groups is 2. The first-order valence-electron chi connectivity index (χ1n) is 5.13. The molecule has 0 saturated carbocycles. The molecule has 94 valence electrons. The molecule has 0 aliphatic heterocycles. The van der Waals surface area contributed by atoms with Crippen LogP contribution in [0.4, 0.5) is 5.82 Å². The molecule has 1 heterocycles. The molecule has 0 fully saturated rings. The lowest BCUT2D eigenvalue weighted by molar-refractivity contribution is -0.137. The van der Waals surface area contributed by atoms with Crippen molar-refractivity contribution in [1.29, 1.82) is 5.26 Å². The van der Waals surface area contributed by atoms with Gasteiger partial charge in [-0.05, 0) is 19.1 Å². The summed E-state index contributed by atoms with van der Waals surface area (Å²) in [4.78, 5) is 25.6. The summed E-state index contributed by atoms with van der Waals surface area (Å²) in [7, 11) is 0. The van der Waals surface area contributed by atoms with Crippen molar-refractivity contribution >= 4 is 17.7 Å². The number of aryl methyl sites for hydroxylation is 1. The van der Waals surface area contributed by atoms with Crippen LogP contribution >= 0.6 is 0 Å². The Morgan fingerprint density at radius 2 is 2.17 bits per heavy atom. The number of amides is 1. The second-order valence-electron chi connectivity index (χ2n) is 3.48. The SMILES string of the molecule is Cc1ccc(C#N)c(NCC(=O)NCC(=O)O)n1. The number of nitrogens with zero attached hydrogens (tertiary/aromatic N) is 2. The number of pyridine rings is 1. The molecule has 0 atom stereocenters. The van der Waals surface area contributed by atoms with Crippen LogP contribution in [0.1, 0.15) is 11.3 Å². The van der Waals surface area contributed by atoms with E-state index in [1.165, 1.54) is 0 Å². The fourth-order valence-electron chi connectivity index (χ4n) is 1.18. The number of anilines is 1. The quantitative estimate of drug-likeness (QED) is 0.668. The molecule has 0 unspecified atom stereocenters. The first-order valence-corrected chi connectivity index (χ1v) is 5.13. The van der Waals surface area contributed by atoms with E-state index < -0.39 is 18.4 Å². The van der Waals surface area contributed by atoms with Crippen molar-refractivity contribution in [1.82, 2.24) is 10.3 Å². The average molecular weight is 248 g/mol. The third-order valence-electron chi connectivity index (χ3n) is 2.01. The summed E-state index contributed by atoms with van der Waals surface area (Å²) >= 11 is 0. The highest BCUT2D eigenvalue weighted by atomic mass is 16.4. The Kier molecular flexibility index (Phi) is 4.63. The van der Waals surface area contributed by atoms with Gasteiger partial charge in [0.15, 0.2) is 0 Å². The molecule has 1 rings (SSSR count). The molecule has 0 bridgehead atoms. The smallest absolute Gasteiger partial charge is 0.322 e. The minimum absolute atomic E-state index is 0.140. The van der Waals surface area contributed by atoms with E-state index in [1.54, 1.807) is 19.1 Å². The summed E-state index contributed by atoms with van der Waals surface area (Å²) in [6.07, 6.45) is 0. The fraction of sp³-hybridized carbons (Fsp3) is 0.273. The van der Waals surface area contributed by atoms with E-state index in [9.17, 15) is 9.59 Å². The van der Waals surface area contributed by atoms with Crippen molar-refractivity contribution in [3.63, 3.8) is 0 Å². The molecule has 0 radical (unpaired) electrons. The van der Waals surface area contributed by atoms with E-state index in [4.69, 9.17) is 10.4 Å². The van der Waals surface area contributed by atoms with Gasteiger partial charge in [0.1, 0.15) is 18.4 Å². The average Bonchev–Trinajstić information content (AvgIpc) is 2.34. The maximum absolute atomic E-state index is 11.3. The van der Waals surface area contributed by atoms with Crippen LogP contribution in [0.25, 0.3) is 0 Å². The zero-order valence-corrected chi connectivity index (χ0v) is 9.73. The van der Waals surface area contributed by atoms with Crippen molar-refractivity contribution < 1.29 is 14.7 Å². The number of hydrogen-bond donors (Lipinski definition) is 3. The van der Waals surface area contributed by atoms with Crippen LogP contribution in [0.3, 0.4) is 0 Å². The first kappa shape index (κ1) is 13.4. The summed E-state index contributed by atoms with van der Waals surface area (Å²) in [5.41, 5.74) is 1.04. The van der Waals surface area contributed by atoms with Crippen LogP contribution in [0.2, 0.25) is 0 Å². The summed E-state index contributed by atoms with van der Waals surface area (Å²) < 4.78 is 0. The largest absolute Gasteiger partial charge is 0.480 e. The van der Waals surface area contributed by atoms with E-state index >= 15 is 0 Å². The molecule has 1 amide bonds. The Morgan fingerprint density at radius 3 is 2.78 bits per heavy atom. The van der Waals surface area contributed by atoms with Crippen molar-refractivity contribution in [3.05, 3.63) is 23.4 Å². The number of aromatic nitrogens is 1. The molecular formula is C11H12N4O3. The third-order valence-corrected chi connectivity index (χ3v) is 2.01. The van der Waals surface area contributed by atoms with Gasteiger partial charge in [0.05, 0.1) is 12.1 Å². The fourth-order valence-corrected chi connectivity index (χ4v) is 1.18. The lowest BCUT2D eigenvalue weighted by Crippen LogP contribution is -2.34. The van der Waals surface area contributed by atoms with E-state index in [0.717, 1.165) is 0 Å². The van der Waals surface area contributed by atoms with Crippen molar-refractivity contribution in [2.45, 2.75) is 6.92 Å². The second-order valence-corrected chi connectivity index (χ2v) is 3.48. The van der Waals surface area contributed by atoms with Crippen molar-refractivity contribution in [3.8, 4) is 6.07 Å². The molecule has 0 aliphatic rings. The van der Waals surface area contributed by atoms with E-state index in [-0.39, 0.29) is 6.54 Å². The number of carbonyl (C=O) groups excluding carboxylic acids is 1. The Bertz CT molecular complexity index is 508. The van der Waals surface area contributed by atoms with Crippen LogP contribution < -0.4 is 10.6 Å². The van der Waals surface area contributed by atoms with Crippen LogP contribution in [-0.4, -0.2) is 35.1 Å². The number of nitriles is 1. The van der Waals surface area contributed by atoms with Gasteiger partial charge in [-0.25, -0.2) is 4.98 Å². The molecule has 18 heavy (non-hydrogen) atoms. The van der Waals surface area contributed by atoms with Gasteiger partial charge in [0.25, 0.3) is 0 Å². The number of rotatable bonds is 5. The lowest BCUT2D eigenvalue weighted by Gasteiger charge is -2.07. The van der Waals surface area contributed by atoms with Gasteiger partial charge in [0.2, 0.25) is 5.91 Å². The summed E-state index contributed by atoms with van der Waals surface area (Å²) in [6.45, 7) is 1.18. The molecular weight excluding hydrogens is 236 g/mol. The lowest BCUT2D eigenvalue weighted by atomic mass is 10.2. The third kappa shape index (κ3) is 4.09. The molecule has 0 aromatic carbocycles. The number of nitrogens with one attached hydrogen (secondary N) is 2. The Morgan fingerprint density at radius 1 is 1.44 bits per heavy atom. The van der Waals surface area contributed by atoms with Gasteiger partial charge in [-0.2, -0.15) is 5.26 Å². The van der Waals surface area contributed by atoms with Gasteiger partial charge in [-0.15, -0.1) is 0 Å². The molecule has 1 aromatic rings. The van der Waals surface area contributed by atoms with Gasteiger partial charge in [-0.3, -0.25) is 9.59 Å². The van der Waals surface area contributed by atoms with Crippen LogP contribution in [-0.2, 0) is 9.59 Å². The van der Waals surface area contributed by atoms with Crippen molar-refractivity contribution in [2.24, 2.45) is 0 Å². The summed E-state index contributed by atoms with van der Waals surface area (Å²) in [5.74, 6) is -1.29. The Hall–Kier alpha value is -2.62. The number of carboxylic acids is 1. The molecule has 1 aromatic heterocycles. The molecule has 7 nitrogen and oxygen atoms in total. The van der Waals surface area contributed by atoms with Crippen LogP contribution in [0.15, 0.2) is 12.1 Å². The van der Waals surface area contributed by atoms with Gasteiger partial charge >= 0.3 is 5.97 Å². The highest BCUT2D eigenvalue weighted by Crippen LogP contribution is 2.11. The molecule has 0 aliphatic carbocycles.